The van der Waals surface area contributed by atoms with Gasteiger partial charge < -0.3 is 19.5 Å². The summed E-state index contributed by atoms with van der Waals surface area (Å²) in [5.41, 5.74) is 1.91. The summed E-state index contributed by atoms with van der Waals surface area (Å²) >= 11 is 0. The summed E-state index contributed by atoms with van der Waals surface area (Å²) in [5, 5.41) is 2.89. The highest BCUT2D eigenvalue weighted by molar-refractivity contribution is 5.78. The van der Waals surface area contributed by atoms with E-state index in [1.807, 2.05) is 19.1 Å². The average Bonchev–Trinajstić information content (AvgIpc) is 3.21. The number of ether oxygens (including phenoxy) is 3. The number of hydrogen-bond acceptors (Lipinski definition) is 5. The van der Waals surface area contributed by atoms with Crippen LogP contribution < -0.4 is 19.5 Å². The molecule has 2 aromatic carbocycles. The summed E-state index contributed by atoms with van der Waals surface area (Å²) in [6.45, 7) is 1.07. The Morgan fingerprint density at radius 3 is 2.65 bits per heavy atom. The monoisotopic (exact) mass is 434 g/mol. The third-order valence-corrected chi connectivity index (χ3v) is 5.22. The van der Waals surface area contributed by atoms with Gasteiger partial charge in [-0.25, -0.2) is 0 Å². The minimum absolute atomic E-state index is 0.0390. The van der Waals surface area contributed by atoms with E-state index in [9.17, 15) is 13.6 Å². The minimum atomic E-state index is -2.93. The summed E-state index contributed by atoms with van der Waals surface area (Å²) in [7, 11) is 1.38. The van der Waals surface area contributed by atoms with Crippen molar-refractivity contribution in [3.63, 3.8) is 0 Å². The Bertz CT molecular complexity index is 861. The maximum atomic E-state index is 12.5. The SMILES string of the molecule is CCOc1ccc(C2CCCN2CC(=O)NCc2ccc(OC(F)F)c(OC)c2)cc1. The number of carbonyl (C=O) groups excluding carboxylic acids is 1. The molecule has 3 rings (SSSR count). The zero-order valence-corrected chi connectivity index (χ0v) is 17.8. The molecule has 1 saturated heterocycles. The summed E-state index contributed by atoms with van der Waals surface area (Å²) in [5.74, 6) is 0.906. The van der Waals surface area contributed by atoms with Gasteiger partial charge in [-0.15, -0.1) is 0 Å². The first-order chi connectivity index (χ1) is 15.0. The largest absolute Gasteiger partial charge is 0.494 e. The Labute approximate surface area is 181 Å². The van der Waals surface area contributed by atoms with Crippen molar-refractivity contribution >= 4 is 5.91 Å². The van der Waals surface area contributed by atoms with E-state index in [-0.39, 0.29) is 30.0 Å². The third-order valence-electron chi connectivity index (χ3n) is 5.22. The molecule has 1 N–H and O–H groups in total. The Balaban J connectivity index is 1.55. The predicted molar refractivity (Wildman–Crippen MR) is 113 cm³/mol. The van der Waals surface area contributed by atoms with Crippen LogP contribution in [0, 0.1) is 0 Å². The topological polar surface area (TPSA) is 60.0 Å². The lowest BCUT2D eigenvalue weighted by molar-refractivity contribution is -0.122. The van der Waals surface area contributed by atoms with E-state index in [0.717, 1.165) is 30.7 Å². The standard InChI is InChI=1S/C23H28F2N2O4/c1-3-30-18-9-7-17(8-10-18)19-5-4-12-27(19)15-22(28)26-14-16-6-11-20(31-23(24)25)21(13-16)29-2/h6-11,13,19,23H,3-5,12,14-15H2,1-2H3,(H,26,28). The molecule has 8 heteroatoms. The lowest BCUT2D eigenvalue weighted by Crippen LogP contribution is -2.36. The van der Waals surface area contributed by atoms with Gasteiger partial charge in [-0.05, 0) is 61.7 Å². The summed E-state index contributed by atoms with van der Waals surface area (Å²) in [4.78, 5) is 14.7. The van der Waals surface area contributed by atoms with Gasteiger partial charge in [0, 0.05) is 12.6 Å². The van der Waals surface area contributed by atoms with Gasteiger partial charge in [0.25, 0.3) is 0 Å². The molecule has 2 aromatic rings. The minimum Gasteiger partial charge on any atom is -0.494 e. The molecule has 0 aliphatic carbocycles. The molecular weight excluding hydrogens is 406 g/mol. The van der Waals surface area contributed by atoms with Crippen molar-refractivity contribution in [2.75, 3.05) is 26.8 Å². The summed E-state index contributed by atoms with van der Waals surface area (Å²) < 4.78 is 39.9. The molecule has 6 nitrogen and oxygen atoms in total. The molecule has 1 amide bonds. The molecule has 1 heterocycles. The molecule has 1 aliphatic rings. The third kappa shape index (κ3) is 6.30. The van der Waals surface area contributed by atoms with Crippen molar-refractivity contribution in [3.8, 4) is 17.2 Å². The van der Waals surface area contributed by atoms with Crippen molar-refractivity contribution in [3.05, 3.63) is 53.6 Å². The second-order valence-electron chi connectivity index (χ2n) is 7.27. The highest BCUT2D eigenvalue weighted by atomic mass is 19.3. The number of carbonyl (C=O) groups is 1. The van der Waals surface area contributed by atoms with Crippen molar-refractivity contribution < 1.29 is 27.8 Å². The van der Waals surface area contributed by atoms with Crippen LogP contribution in [-0.2, 0) is 11.3 Å². The molecule has 0 bridgehead atoms. The molecule has 31 heavy (non-hydrogen) atoms. The van der Waals surface area contributed by atoms with E-state index in [4.69, 9.17) is 9.47 Å². The number of amides is 1. The van der Waals surface area contributed by atoms with Gasteiger partial charge >= 0.3 is 6.61 Å². The Morgan fingerprint density at radius 2 is 1.97 bits per heavy atom. The number of hydrogen-bond donors (Lipinski definition) is 1. The number of benzene rings is 2. The molecule has 1 fully saturated rings. The first-order valence-corrected chi connectivity index (χ1v) is 10.4. The fourth-order valence-electron chi connectivity index (χ4n) is 3.80. The van der Waals surface area contributed by atoms with E-state index in [0.29, 0.717) is 13.2 Å². The molecule has 0 aromatic heterocycles. The van der Waals surface area contributed by atoms with Gasteiger partial charge in [0.2, 0.25) is 5.91 Å². The molecule has 0 radical (unpaired) electrons. The first-order valence-electron chi connectivity index (χ1n) is 10.4. The van der Waals surface area contributed by atoms with Crippen molar-refractivity contribution in [1.29, 1.82) is 0 Å². The van der Waals surface area contributed by atoms with E-state index < -0.39 is 6.61 Å². The highest BCUT2D eigenvalue weighted by Crippen LogP contribution is 2.32. The van der Waals surface area contributed by atoms with Crippen LogP contribution in [0.3, 0.4) is 0 Å². The van der Waals surface area contributed by atoms with Crippen LogP contribution in [0.15, 0.2) is 42.5 Å². The second kappa shape index (κ2) is 10.9. The van der Waals surface area contributed by atoms with Crippen LogP contribution in [-0.4, -0.2) is 44.2 Å². The predicted octanol–water partition coefficient (Wildman–Crippen LogP) is 4.15. The maximum absolute atomic E-state index is 12.5. The molecular formula is C23H28F2N2O4. The van der Waals surface area contributed by atoms with Crippen molar-refractivity contribution in [2.24, 2.45) is 0 Å². The molecule has 1 atom stereocenters. The van der Waals surface area contributed by atoms with E-state index in [1.165, 1.54) is 18.7 Å². The number of methoxy groups -OCH3 is 1. The quantitative estimate of drug-likeness (QED) is 0.609. The van der Waals surface area contributed by atoms with Crippen LogP contribution in [0.25, 0.3) is 0 Å². The van der Waals surface area contributed by atoms with Crippen LogP contribution >= 0.6 is 0 Å². The first kappa shape index (κ1) is 22.8. The lowest BCUT2D eigenvalue weighted by Gasteiger charge is -2.24. The zero-order chi connectivity index (χ0) is 22.2. The van der Waals surface area contributed by atoms with Crippen LogP contribution in [0.5, 0.6) is 17.2 Å². The van der Waals surface area contributed by atoms with Crippen LogP contribution in [0.1, 0.15) is 36.9 Å². The highest BCUT2D eigenvalue weighted by Gasteiger charge is 2.27. The van der Waals surface area contributed by atoms with E-state index in [2.05, 4.69) is 27.1 Å². The fraction of sp³-hybridized carbons (Fsp3) is 0.435. The number of nitrogens with one attached hydrogen (secondary N) is 1. The van der Waals surface area contributed by atoms with E-state index in [1.54, 1.807) is 12.1 Å². The van der Waals surface area contributed by atoms with Gasteiger partial charge in [-0.2, -0.15) is 8.78 Å². The zero-order valence-electron chi connectivity index (χ0n) is 17.8. The fourth-order valence-corrected chi connectivity index (χ4v) is 3.80. The number of rotatable bonds is 10. The van der Waals surface area contributed by atoms with Crippen LogP contribution in [0.4, 0.5) is 8.78 Å². The van der Waals surface area contributed by atoms with Gasteiger partial charge in [0.05, 0.1) is 20.3 Å². The smallest absolute Gasteiger partial charge is 0.387 e. The average molecular weight is 434 g/mol. The van der Waals surface area contributed by atoms with Crippen LogP contribution in [0.2, 0.25) is 0 Å². The Kier molecular flexibility index (Phi) is 8.06. The Morgan fingerprint density at radius 1 is 1.19 bits per heavy atom. The van der Waals surface area contributed by atoms with Gasteiger partial charge in [-0.1, -0.05) is 18.2 Å². The van der Waals surface area contributed by atoms with Gasteiger partial charge in [0.15, 0.2) is 11.5 Å². The molecule has 0 spiro atoms. The van der Waals surface area contributed by atoms with Crippen molar-refractivity contribution in [1.82, 2.24) is 10.2 Å². The number of likely N-dealkylation sites (tertiary alicyclic amines) is 1. The number of alkyl halides is 2. The van der Waals surface area contributed by atoms with Crippen molar-refractivity contribution in [2.45, 2.75) is 39.0 Å². The summed E-state index contributed by atoms with van der Waals surface area (Å²) in [6, 6.07) is 12.9. The number of nitrogens with zero attached hydrogens (tertiary/aromatic N) is 1. The molecule has 0 saturated carbocycles. The molecule has 1 aliphatic heterocycles. The maximum Gasteiger partial charge on any atom is 0.387 e. The van der Waals surface area contributed by atoms with Gasteiger partial charge in [-0.3, -0.25) is 9.69 Å². The normalized spacial score (nSPS) is 16.4. The second-order valence-corrected chi connectivity index (χ2v) is 7.27. The Hall–Kier alpha value is -2.87. The lowest BCUT2D eigenvalue weighted by atomic mass is 10.0. The molecule has 1 unspecified atom stereocenters. The summed E-state index contributed by atoms with van der Waals surface area (Å²) in [6.07, 6.45) is 2.04. The molecule has 168 valence electrons. The van der Waals surface area contributed by atoms with Gasteiger partial charge in [0.1, 0.15) is 5.75 Å². The number of halogens is 2. The van der Waals surface area contributed by atoms with E-state index >= 15 is 0 Å².